The number of hydrogen-bond donors (Lipinski definition) is 0. The number of allylic oxidation sites excluding steroid dienone is 4. The molecule has 16 heavy (non-hydrogen) atoms. The lowest BCUT2D eigenvalue weighted by molar-refractivity contribution is -0.110. The van der Waals surface area contributed by atoms with E-state index >= 15 is 0 Å². The first-order valence-electron chi connectivity index (χ1n) is 4.08. The van der Waals surface area contributed by atoms with Crippen LogP contribution in [0.3, 0.4) is 0 Å². The van der Waals surface area contributed by atoms with Crippen molar-refractivity contribution in [2.24, 2.45) is 4.40 Å². The Morgan fingerprint density at radius 1 is 1.25 bits per heavy atom. The van der Waals surface area contributed by atoms with Gasteiger partial charge in [-0.1, -0.05) is 0 Å². The van der Waals surface area contributed by atoms with Gasteiger partial charge in [0, 0.05) is 0 Å². The standard InChI is InChI=1S/C8H6Br3NO3S/c1-2-16(14,15)12-5-3-4(9)8(13)7(11)6(5)10/h3H,2H2,1H3/b12-5+. The third-order valence-corrected chi connectivity index (χ3v) is 5.58. The van der Waals surface area contributed by atoms with Crippen molar-refractivity contribution in [3.63, 3.8) is 0 Å². The van der Waals surface area contributed by atoms with Crippen LogP contribution in [0.5, 0.6) is 0 Å². The van der Waals surface area contributed by atoms with E-state index in [0.717, 1.165) is 0 Å². The molecule has 0 unspecified atom stereocenters. The number of ketones is 1. The maximum Gasteiger partial charge on any atom is 0.253 e. The molecule has 1 aliphatic carbocycles. The molecule has 88 valence electrons. The summed E-state index contributed by atoms with van der Waals surface area (Å²) in [6, 6.07) is 0. The normalized spacial score (nSPS) is 20.4. The second-order valence-electron chi connectivity index (χ2n) is 2.80. The predicted molar refractivity (Wildman–Crippen MR) is 73.8 cm³/mol. The maximum absolute atomic E-state index is 11.5. The Hall–Kier alpha value is 0.210. The number of hydrogen-bond acceptors (Lipinski definition) is 3. The van der Waals surface area contributed by atoms with Gasteiger partial charge < -0.3 is 0 Å². The van der Waals surface area contributed by atoms with Crippen molar-refractivity contribution < 1.29 is 13.2 Å². The lowest BCUT2D eigenvalue weighted by atomic mass is 10.2. The van der Waals surface area contributed by atoms with E-state index in [1.54, 1.807) is 0 Å². The molecule has 0 saturated heterocycles. The monoisotopic (exact) mass is 433 g/mol. The van der Waals surface area contributed by atoms with E-state index in [1.807, 2.05) is 0 Å². The average molecular weight is 436 g/mol. The van der Waals surface area contributed by atoms with Crippen molar-refractivity contribution in [1.82, 2.24) is 0 Å². The zero-order valence-electron chi connectivity index (χ0n) is 8.00. The summed E-state index contributed by atoms with van der Waals surface area (Å²) in [7, 11) is -3.49. The second kappa shape index (κ2) is 5.24. The molecular formula is C8H6Br3NO3S. The van der Waals surface area contributed by atoms with Crippen molar-refractivity contribution >= 4 is 69.3 Å². The zero-order chi connectivity index (χ0) is 12.5. The highest BCUT2D eigenvalue weighted by atomic mass is 79.9. The lowest BCUT2D eigenvalue weighted by Gasteiger charge is -2.10. The molecule has 0 aliphatic heterocycles. The number of carbonyl (C=O) groups excluding carboxylic acids is 1. The van der Waals surface area contributed by atoms with Crippen LogP contribution in [-0.2, 0) is 14.8 Å². The van der Waals surface area contributed by atoms with Crippen molar-refractivity contribution in [2.75, 3.05) is 5.75 Å². The molecule has 0 aromatic carbocycles. The van der Waals surface area contributed by atoms with Gasteiger partial charge in [-0.25, -0.2) is 8.42 Å². The van der Waals surface area contributed by atoms with E-state index in [-0.39, 0.29) is 26.2 Å². The fraction of sp³-hybridized carbons (Fsp3) is 0.250. The molecular weight excluding hydrogens is 430 g/mol. The Kier molecular flexibility index (Phi) is 4.67. The first-order chi connectivity index (χ1) is 7.28. The van der Waals surface area contributed by atoms with E-state index in [9.17, 15) is 13.2 Å². The summed E-state index contributed by atoms with van der Waals surface area (Å²) in [5.41, 5.74) is 0.195. The number of carbonyl (C=O) groups is 1. The highest BCUT2D eigenvalue weighted by Crippen LogP contribution is 2.31. The summed E-state index contributed by atoms with van der Waals surface area (Å²) in [6.07, 6.45) is 1.37. The maximum atomic E-state index is 11.5. The molecule has 0 saturated carbocycles. The molecule has 0 aromatic heterocycles. The third-order valence-electron chi connectivity index (χ3n) is 1.70. The molecule has 1 aliphatic rings. The molecule has 0 aromatic rings. The van der Waals surface area contributed by atoms with Gasteiger partial charge in [0.25, 0.3) is 10.0 Å². The van der Waals surface area contributed by atoms with E-state index < -0.39 is 10.0 Å². The lowest BCUT2D eigenvalue weighted by Crippen LogP contribution is -2.13. The van der Waals surface area contributed by atoms with E-state index in [0.29, 0.717) is 4.48 Å². The van der Waals surface area contributed by atoms with Crippen LogP contribution in [0.4, 0.5) is 0 Å². The fourth-order valence-electron chi connectivity index (χ4n) is 0.847. The molecule has 0 N–H and O–H groups in total. The molecule has 0 radical (unpaired) electrons. The Morgan fingerprint density at radius 3 is 2.31 bits per heavy atom. The first kappa shape index (κ1) is 14.3. The van der Waals surface area contributed by atoms with Gasteiger partial charge in [0.2, 0.25) is 5.78 Å². The van der Waals surface area contributed by atoms with Crippen molar-refractivity contribution in [1.29, 1.82) is 0 Å². The van der Waals surface area contributed by atoms with Gasteiger partial charge in [0.15, 0.2) is 0 Å². The van der Waals surface area contributed by atoms with Gasteiger partial charge in [-0.2, -0.15) is 4.40 Å². The molecule has 0 heterocycles. The molecule has 8 heteroatoms. The number of rotatable bonds is 2. The van der Waals surface area contributed by atoms with Crippen LogP contribution < -0.4 is 0 Å². The summed E-state index contributed by atoms with van der Waals surface area (Å²) < 4.78 is 27.1. The number of nitrogens with zero attached hydrogens (tertiary/aromatic N) is 1. The van der Waals surface area contributed by atoms with Crippen molar-refractivity contribution in [3.05, 3.63) is 19.5 Å². The second-order valence-corrected chi connectivity index (χ2v) is 7.16. The van der Waals surface area contributed by atoms with Crippen LogP contribution in [-0.4, -0.2) is 25.7 Å². The molecule has 0 atom stereocenters. The average Bonchev–Trinajstić information content (AvgIpc) is 2.22. The van der Waals surface area contributed by atoms with Crippen LogP contribution in [0.2, 0.25) is 0 Å². The minimum absolute atomic E-state index is 0.0895. The van der Waals surface area contributed by atoms with Crippen LogP contribution >= 0.6 is 47.8 Å². The largest absolute Gasteiger partial charge is 0.287 e. The fourth-order valence-corrected chi connectivity index (χ4v) is 3.02. The van der Waals surface area contributed by atoms with Crippen LogP contribution in [0.1, 0.15) is 6.92 Å². The summed E-state index contributed by atoms with van der Waals surface area (Å²) >= 11 is 9.23. The van der Waals surface area contributed by atoms with Crippen LogP contribution in [0.25, 0.3) is 0 Å². The summed E-state index contributed by atoms with van der Waals surface area (Å²) in [5.74, 6) is -0.354. The smallest absolute Gasteiger partial charge is 0.253 e. The Bertz CT molecular complexity index is 531. The van der Waals surface area contributed by atoms with Crippen molar-refractivity contribution in [2.45, 2.75) is 6.92 Å². The topological polar surface area (TPSA) is 63.6 Å². The SMILES string of the molecule is CCS(=O)(=O)/N=C1\C=C(Br)C(=O)C(Br)=C1Br. The predicted octanol–water partition coefficient (Wildman–Crippen LogP) is 2.64. The minimum Gasteiger partial charge on any atom is -0.287 e. The van der Waals surface area contributed by atoms with Gasteiger partial charge in [-0.05, 0) is 60.8 Å². The highest BCUT2D eigenvalue weighted by molar-refractivity contribution is 9.15. The van der Waals surface area contributed by atoms with Crippen molar-refractivity contribution in [3.8, 4) is 0 Å². The van der Waals surface area contributed by atoms with Gasteiger partial charge in [0.05, 0.1) is 24.9 Å². The van der Waals surface area contributed by atoms with E-state index in [2.05, 4.69) is 52.2 Å². The molecule has 0 bridgehead atoms. The van der Waals surface area contributed by atoms with Crippen LogP contribution in [0, 0.1) is 0 Å². The summed E-state index contributed by atoms with van der Waals surface area (Å²) in [6.45, 7) is 1.50. The van der Waals surface area contributed by atoms with E-state index in [4.69, 9.17) is 0 Å². The Morgan fingerprint density at radius 2 is 1.81 bits per heavy atom. The summed E-state index contributed by atoms with van der Waals surface area (Å²) in [5, 5.41) is 0. The molecule has 0 fully saturated rings. The van der Waals surface area contributed by atoms with E-state index in [1.165, 1.54) is 13.0 Å². The molecule has 0 spiro atoms. The number of sulfonamides is 1. The minimum atomic E-state index is -3.49. The Labute approximate surface area is 118 Å². The molecule has 4 nitrogen and oxygen atoms in total. The van der Waals surface area contributed by atoms with Gasteiger partial charge >= 0.3 is 0 Å². The zero-order valence-corrected chi connectivity index (χ0v) is 13.6. The Balaban J connectivity index is 3.33. The van der Waals surface area contributed by atoms with Gasteiger partial charge in [-0.3, -0.25) is 4.79 Å². The van der Waals surface area contributed by atoms with Gasteiger partial charge in [0.1, 0.15) is 0 Å². The number of Topliss-reactive ketones (excluding diaryl/α,β-unsaturated/α-hetero) is 1. The molecule has 0 amide bonds. The van der Waals surface area contributed by atoms with Gasteiger partial charge in [-0.15, -0.1) is 0 Å². The molecule has 1 rings (SSSR count). The van der Waals surface area contributed by atoms with Crippen LogP contribution in [0.15, 0.2) is 23.9 Å². The quantitative estimate of drug-likeness (QED) is 0.626. The number of halogens is 3. The highest BCUT2D eigenvalue weighted by Gasteiger charge is 2.24. The summed E-state index contributed by atoms with van der Waals surface area (Å²) in [4.78, 5) is 11.5. The third kappa shape index (κ3) is 3.12. The first-order valence-corrected chi connectivity index (χ1v) is 8.07.